The zero-order valence-corrected chi connectivity index (χ0v) is 7.35. The molecule has 3 atom stereocenters. The van der Waals surface area contributed by atoms with E-state index in [9.17, 15) is 0 Å². The second-order valence-electron chi connectivity index (χ2n) is 4.11. The first kappa shape index (κ1) is 8.16. The summed E-state index contributed by atoms with van der Waals surface area (Å²) in [7, 11) is 5.88. The lowest BCUT2D eigenvalue weighted by molar-refractivity contribution is 0.236. The number of hydrogen-bond acceptors (Lipinski definition) is 0. The molecule has 0 aliphatic heterocycles. The van der Waals surface area contributed by atoms with Crippen LogP contribution in [0.3, 0.4) is 0 Å². The Balaban J connectivity index is 2.61. The molecule has 2 radical (unpaired) electrons. The summed E-state index contributed by atoms with van der Waals surface area (Å²) in [5.41, 5.74) is 0.541. The van der Waals surface area contributed by atoms with Crippen LogP contribution in [0.1, 0.15) is 40.0 Å². The van der Waals surface area contributed by atoms with Crippen molar-refractivity contribution >= 4 is 7.85 Å². The minimum Gasteiger partial charge on any atom is -0.0766 e. The minimum absolute atomic E-state index is 0.472. The second-order valence-corrected chi connectivity index (χ2v) is 4.11. The molecule has 0 bridgehead atoms. The SMILES string of the molecule is [B][C@H]1C[C@@H](C)C(C)(CC)C1. The van der Waals surface area contributed by atoms with E-state index in [0.29, 0.717) is 11.2 Å². The molecule has 1 aliphatic carbocycles. The van der Waals surface area contributed by atoms with Crippen LogP contribution in [0.4, 0.5) is 0 Å². The van der Waals surface area contributed by atoms with Gasteiger partial charge in [0.05, 0.1) is 7.85 Å². The third-order valence-corrected chi connectivity index (χ3v) is 3.38. The quantitative estimate of drug-likeness (QED) is 0.486. The van der Waals surface area contributed by atoms with Gasteiger partial charge < -0.3 is 0 Å². The van der Waals surface area contributed by atoms with Crippen molar-refractivity contribution < 1.29 is 0 Å². The monoisotopic (exact) mass is 136 g/mol. The van der Waals surface area contributed by atoms with Crippen LogP contribution in [0.2, 0.25) is 5.82 Å². The van der Waals surface area contributed by atoms with Crippen LogP contribution in [0, 0.1) is 11.3 Å². The van der Waals surface area contributed by atoms with Gasteiger partial charge in [-0.1, -0.05) is 45.9 Å². The average Bonchev–Trinajstić information content (AvgIpc) is 2.09. The Morgan fingerprint density at radius 1 is 1.60 bits per heavy atom. The molecule has 0 amide bonds. The Morgan fingerprint density at radius 2 is 2.20 bits per heavy atom. The summed E-state index contributed by atoms with van der Waals surface area (Å²) in [6.07, 6.45) is 3.73. The van der Waals surface area contributed by atoms with Crippen molar-refractivity contribution in [1.29, 1.82) is 0 Å². The van der Waals surface area contributed by atoms with Gasteiger partial charge in [0, 0.05) is 0 Å². The Hall–Kier alpha value is 0.0649. The topological polar surface area (TPSA) is 0 Å². The molecular weight excluding hydrogens is 119 g/mol. The molecule has 0 aromatic carbocycles. The van der Waals surface area contributed by atoms with E-state index >= 15 is 0 Å². The van der Waals surface area contributed by atoms with Crippen molar-refractivity contribution in [2.45, 2.75) is 45.9 Å². The molecule has 10 heavy (non-hydrogen) atoms. The molecule has 1 unspecified atom stereocenters. The van der Waals surface area contributed by atoms with Crippen LogP contribution in [0.25, 0.3) is 0 Å². The number of rotatable bonds is 1. The van der Waals surface area contributed by atoms with Gasteiger partial charge in [-0.25, -0.2) is 0 Å². The summed E-state index contributed by atoms with van der Waals surface area (Å²) in [5, 5.41) is 0. The van der Waals surface area contributed by atoms with Crippen LogP contribution >= 0.6 is 0 Å². The maximum atomic E-state index is 5.88. The normalized spacial score (nSPS) is 47.9. The lowest BCUT2D eigenvalue weighted by Crippen LogP contribution is -2.17. The van der Waals surface area contributed by atoms with Gasteiger partial charge in [0.25, 0.3) is 0 Å². The van der Waals surface area contributed by atoms with Gasteiger partial charge in [0.2, 0.25) is 0 Å². The largest absolute Gasteiger partial charge is 0.0766 e. The predicted molar refractivity (Wildman–Crippen MR) is 46.3 cm³/mol. The van der Waals surface area contributed by atoms with Crippen molar-refractivity contribution in [2.24, 2.45) is 11.3 Å². The van der Waals surface area contributed by atoms with E-state index in [2.05, 4.69) is 20.8 Å². The first-order chi connectivity index (χ1) is 4.58. The van der Waals surface area contributed by atoms with Crippen LogP contribution in [-0.4, -0.2) is 7.85 Å². The maximum absolute atomic E-state index is 5.88. The van der Waals surface area contributed by atoms with Crippen LogP contribution in [0.15, 0.2) is 0 Å². The van der Waals surface area contributed by atoms with Crippen molar-refractivity contribution in [2.75, 3.05) is 0 Å². The zero-order valence-electron chi connectivity index (χ0n) is 7.35. The molecule has 56 valence electrons. The fourth-order valence-electron chi connectivity index (χ4n) is 2.11. The Labute approximate surface area is 65.8 Å². The van der Waals surface area contributed by atoms with E-state index in [4.69, 9.17) is 7.85 Å². The van der Waals surface area contributed by atoms with Crippen molar-refractivity contribution in [3.05, 3.63) is 0 Å². The summed E-state index contributed by atoms with van der Waals surface area (Å²) < 4.78 is 0. The van der Waals surface area contributed by atoms with Crippen LogP contribution < -0.4 is 0 Å². The van der Waals surface area contributed by atoms with E-state index in [-0.39, 0.29) is 0 Å². The molecule has 0 saturated heterocycles. The highest BCUT2D eigenvalue weighted by molar-refractivity contribution is 6.11. The summed E-state index contributed by atoms with van der Waals surface area (Å²) in [6.45, 7) is 6.97. The summed E-state index contributed by atoms with van der Waals surface area (Å²) in [4.78, 5) is 0. The molecule has 1 aliphatic rings. The van der Waals surface area contributed by atoms with Crippen LogP contribution in [0.5, 0.6) is 0 Å². The summed E-state index contributed by atoms with van der Waals surface area (Å²) in [6, 6.07) is 0. The van der Waals surface area contributed by atoms with Crippen molar-refractivity contribution in [3.8, 4) is 0 Å². The lowest BCUT2D eigenvalue weighted by atomic mass is 9.77. The molecule has 0 nitrogen and oxygen atoms in total. The first-order valence-electron chi connectivity index (χ1n) is 4.34. The Kier molecular flexibility index (Phi) is 2.12. The third-order valence-electron chi connectivity index (χ3n) is 3.38. The molecular formula is C9H17B. The minimum atomic E-state index is 0.472. The fraction of sp³-hybridized carbons (Fsp3) is 1.00. The van der Waals surface area contributed by atoms with E-state index in [0.717, 1.165) is 5.92 Å². The van der Waals surface area contributed by atoms with Gasteiger partial charge in [-0.3, -0.25) is 0 Å². The highest BCUT2D eigenvalue weighted by Crippen LogP contribution is 2.49. The summed E-state index contributed by atoms with van der Waals surface area (Å²) >= 11 is 0. The van der Waals surface area contributed by atoms with Crippen LogP contribution in [-0.2, 0) is 0 Å². The van der Waals surface area contributed by atoms with Crippen molar-refractivity contribution in [1.82, 2.24) is 0 Å². The third kappa shape index (κ3) is 1.23. The van der Waals surface area contributed by atoms with Gasteiger partial charge in [0.1, 0.15) is 0 Å². The fourth-order valence-corrected chi connectivity index (χ4v) is 2.11. The molecule has 0 spiro atoms. The molecule has 0 aromatic rings. The van der Waals surface area contributed by atoms with Gasteiger partial charge in [-0.2, -0.15) is 0 Å². The molecule has 1 saturated carbocycles. The highest BCUT2D eigenvalue weighted by atomic mass is 14.4. The van der Waals surface area contributed by atoms with Gasteiger partial charge >= 0.3 is 0 Å². The van der Waals surface area contributed by atoms with E-state index in [1.807, 2.05) is 0 Å². The van der Waals surface area contributed by atoms with Crippen molar-refractivity contribution in [3.63, 3.8) is 0 Å². The Bertz CT molecular complexity index is 122. The maximum Gasteiger partial charge on any atom is 0.0699 e. The predicted octanol–water partition coefficient (Wildman–Crippen LogP) is 2.79. The van der Waals surface area contributed by atoms with E-state index < -0.39 is 0 Å². The highest BCUT2D eigenvalue weighted by Gasteiger charge is 2.37. The van der Waals surface area contributed by atoms with E-state index in [1.165, 1.54) is 19.3 Å². The standard InChI is InChI=1S/C9H17B/c1-4-9(3)6-8(10)5-7(9)2/h7-8H,4-6H2,1-3H3/t7-,8+,9?/m1/s1. The van der Waals surface area contributed by atoms with Gasteiger partial charge in [-0.15, -0.1) is 0 Å². The van der Waals surface area contributed by atoms with Gasteiger partial charge in [0.15, 0.2) is 0 Å². The number of hydrogen-bond donors (Lipinski definition) is 0. The second kappa shape index (κ2) is 2.60. The molecule has 0 aromatic heterocycles. The molecule has 1 rings (SSSR count). The molecule has 0 heterocycles. The smallest absolute Gasteiger partial charge is 0.0699 e. The van der Waals surface area contributed by atoms with Gasteiger partial charge in [-0.05, 0) is 11.3 Å². The summed E-state index contributed by atoms with van der Waals surface area (Å²) in [5.74, 6) is 1.30. The van der Waals surface area contributed by atoms with E-state index in [1.54, 1.807) is 0 Å². The molecule has 1 fully saturated rings. The lowest BCUT2D eigenvalue weighted by Gasteiger charge is -2.27. The first-order valence-corrected chi connectivity index (χ1v) is 4.34. The average molecular weight is 136 g/mol. The zero-order chi connectivity index (χ0) is 7.78. The molecule has 0 N–H and O–H groups in total. The molecule has 1 heteroatoms. The Morgan fingerprint density at radius 3 is 2.40 bits per heavy atom.